The lowest BCUT2D eigenvalue weighted by Gasteiger charge is -2.36. The number of hydrogen-bond donors (Lipinski definition) is 2. The third-order valence-corrected chi connectivity index (χ3v) is 4.18. The Morgan fingerprint density at radius 3 is 2.67 bits per heavy atom. The number of likely N-dealkylation sites (tertiary alicyclic amines) is 1. The van der Waals surface area contributed by atoms with Crippen LogP contribution in [0.5, 0.6) is 0 Å². The summed E-state index contributed by atoms with van der Waals surface area (Å²) in [5.41, 5.74) is 1.36. The van der Waals surface area contributed by atoms with Crippen LogP contribution in [-0.4, -0.2) is 34.6 Å². The molecule has 2 N–H and O–H groups in total. The van der Waals surface area contributed by atoms with E-state index >= 15 is 0 Å². The Labute approximate surface area is 125 Å². The molecular weight excluding hydrogens is 268 g/mol. The number of nitrogens with zero attached hydrogens (tertiary/aromatic N) is 1. The average molecular weight is 290 g/mol. The molecule has 114 valence electrons. The molecule has 0 radical (unpaired) electrons. The molecule has 1 saturated heterocycles. The minimum Gasteiger partial charge on any atom is -0.478 e. The first-order valence-electron chi connectivity index (χ1n) is 7.30. The maximum Gasteiger partial charge on any atom is 0.336 e. The van der Waals surface area contributed by atoms with Crippen molar-refractivity contribution >= 4 is 17.7 Å². The quantitative estimate of drug-likeness (QED) is 0.877. The number of carboxylic acid groups (broad SMARTS) is 1. The molecule has 1 aromatic rings. The summed E-state index contributed by atoms with van der Waals surface area (Å²) in [7, 11) is 0. The second kappa shape index (κ2) is 6.16. The Balaban J connectivity index is 2.16. The van der Waals surface area contributed by atoms with E-state index in [-0.39, 0.29) is 17.6 Å². The van der Waals surface area contributed by atoms with E-state index in [0.29, 0.717) is 17.2 Å². The molecule has 2 rings (SSSR count). The Bertz CT molecular complexity index is 556. The smallest absolute Gasteiger partial charge is 0.336 e. The fourth-order valence-corrected chi connectivity index (χ4v) is 2.76. The summed E-state index contributed by atoms with van der Waals surface area (Å²) in [6, 6.07) is 4.98. The second-order valence-electron chi connectivity index (χ2n) is 5.90. The topological polar surface area (TPSA) is 69.6 Å². The summed E-state index contributed by atoms with van der Waals surface area (Å²) in [5, 5.41) is 12.0. The molecular formula is C16H22N2O3. The number of aromatic carboxylic acids is 1. The van der Waals surface area contributed by atoms with Crippen LogP contribution in [0, 0.1) is 12.8 Å². The first kappa shape index (κ1) is 15.4. The van der Waals surface area contributed by atoms with E-state index in [1.54, 1.807) is 25.1 Å². The number of nitrogens with one attached hydrogen (secondary N) is 1. The van der Waals surface area contributed by atoms with Crippen LogP contribution in [0.1, 0.15) is 42.6 Å². The molecule has 0 bridgehead atoms. The molecule has 2 amide bonds. The van der Waals surface area contributed by atoms with Crippen LogP contribution in [0.2, 0.25) is 0 Å². The van der Waals surface area contributed by atoms with Gasteiger partial charge < -0.3 is 15.3 Å². The van der Waals surface area contributed by atoms with Gasteiger partial charge in [0, 0.05) is 18.3 Å². The van der Waals surface area contributed by atoms with Gasteiger partial charge in [-0.25, -0.2) is 9.59 Å². The van der Waals surface area contributed by atoms with Crippen molar-refractivity contribution in [3.05, 3.63) is 29.3 Å². The molecule has 1 fully saturated rings. The summed E-state index contributed by atoms with van der Waals surface area (Å²) in [4.78, 5) is 25.4. The summed E-state index contributed by atoms with van der Waals surface area (Å²) in [5.74, 6) is -0.484. The average Bonchev–Trinajstić information content (AvgIpc) is 2.43. The molecule has 0 aliphatic carbocycles. The number of carboxylic acids is 1. The number of amides is 2. The third-order valence-electron chi connectivity index (χ3n) is 4.18. The van der Waals surface area contributed by atoms with Crippen molar-refractivity contribution in [3.63, 3.8) is 0 Å². The van der Waals surface area contributed by atoms with Gasteiger partial charge in [0.1, 0.15) is 0 Å². The van der Waals surface area contributed by atoms with Gasteiger partial charge in [0.05, 0.1) is 5.56 Å². The van der Waals surface area contributed by atoms with Crippen LogP contribution in [-0.2, 0) is 0 Å². The number of piperidine rings is 1. The number of carbonyl (C=O) groups is 2. The van der Waals surface area contributed by atoms with Crippen molar-refractivity contribution in [3.8, 4) is 0 Å². The van der Waals surface area contributed by atoms with Crippen molar-refractivity contribution in [2.75, 3.05) is 11.9 Å². The second-order valence-corrected chi connectivity index (χ2v) is 5.90. The normalized spacial score (nSPS) is 22.0. The van der Waals surface area contributed by atoms with Gasteiger partial charge in [0.25, 0.3) is 0 Å². The summed E-state index contributed by atoms with van der Waals surface area (Å²) >= 11 is 0. The molecule has 1 aromatic carbocycles. The SMILES string of the molecule is Cc1c(NC(=O)N2CC(C)CCC2C)cccc1C(=O)O. The third kappa shape index (κ3) is 3.35. The van der Waals surface area contributed by atoms with Gasteiger partial charge in [0.15, 0.2) is 0 Å². The summed E-state index contributed by atoms with van der Waals surface area (Å²) in [6.45, 7) is 6.64. The van der Waals surface area contributed by atoms with Crippen LogP contribution in [0.3, 0.4) is 0 Å². The van der Waals surface area contributed by atoms with Crippen LogP contribution < -0.4 is 5.32 Å². The fraction of sp³-hybridized carbons (Fsp3) is 0.500. The maximum atomic E-state index is 12.4. The molecule has 5 heteroatoms. The molecule has 1 heterocycles. The fourth-order valence-electron chi connectivity index (χ4n) is 2.76. The number of benzene rings is 1. The maximum absolute atomic E-state index is 12.4. The highest BCUT2D eigenvalue weighted by atomic mass is 16.4. The molecule has 1 aliphatic rings. The lowest BCUT2D eigenvalue weighted by atomic mass is 9.95. The van der Waals surface area contributed by atoms with Crippen molar-refractivity contribution in [1.82, 2.24) is 4.90 Å². The monoisotopic (exact) mass is 290 g/mol. The van der Waals surface area contributed by atoms with Gasteiger partial charge >= 0.3 is 12.0 Å². The van der Waals surface area contributed by atoms with Crippen molar-refractivity contribution in [2.45, 2.75) is 39.7 Å². The van der Waals surface area contributed by atoms with Crippen LogP contribution in [0.15, 0.2) is 18.2 Å². The highest BCUT2D eigenvalue weighted by Crippen LogP contribution is 2.24. The molecule has 2 unspecified atom stereocenters. The highest BCUT2D eigenvalue weighted by Gasteiger charge is 2.27. The van der Waals surface area contributed by atoms with E-state index in [0.717, 1.165) is 19.4 Å². The predicted molar refractivity (Wildman–Crippen MR) is 81.7 cm³/mol. The highest BCUT2D eigenvalue weighted by molar-refractivity contribution is 5.95. The molecule has 0 aromatic heterocycles. The number of anilines is 1. The zero-order valence-electron chi connectivity index (χ0n) is 12.7. The van der Waals surface area contributed by atoms with Gasteiger partial charge in [-0.3, -0.25) is 0 Å². The molecule has 2 atom stereocenters. The number of hydrogen-bond acceptors (Lipinski definition) is 2. The summed E-state index contributed by atoms with van der Waals surface area (Å²) < 4.78 is 0. The van der Waals surface area contributed by atoms with E-state index < -0.39 is 5.97 Å². The van der Waals surface area contributed by atoms with Gasteiger partial charge in [-0.15, -0.1) is 0 Å². The van der Waals surface area contributed by atoms with Crippen LogP contribution in [0.25, 0.3) is 0 Å². The molecule has 0 saturated carbocycles. The van der Waals surface area contributed by atoms with E-state index in [4.69, 9.17) is 5.11 Å². The molecule has 21 heavy (non-hydrogen) atoms. The van der Waals surface area contributed by atoms with E-state index in [9.17, 15) is 9.59 Å². The van der Waals surface area contributed by atoms with Crippen molar-refractivity contribution < 1.29 is 14.7 Å². The standard InChI is InChI=1S/C16H22N2O3/c1-10-7-8-11(2)18(9-10)16(21)17-14-6-4-5-13(12(14)3)15(19)20/h4-6,10-11H,7-9H2,1-3H3,(H,17,21)(H,19,20). The van der Waals surface area contributed by atoms with Crippen LogP contribution in [0.4, 0.5) is 10.5 Å². The van der Waals surface area contributed by atoms with E-state index in [1.165, 1.54) is 0 Å². The minimum atomic E-state index is -0.983. The van der Waals surface area contributed by atoms with Gasteiger partial charge in [-0.1, -0.05) is 13.0 Å². The predicted octanol–water partition coefficient (Wildman–Crippen LogP) is 3.35. The van der Waals surface area contributed by atoms with Gasteiger partial charge in [0.2, 0.25) is 0 Å². The molecule has 1 aliphatic heterocycles. The van der Waals surface area contributed by atoms with Gasteiger partial charge in [-0.2, -0.15) is 0 Å². The van der Waals surface area contributed by atoms with E-state index in [2.05, 4.69) is 12.2 Å². The lowest BCUT2D eigenvalue weighted by molar-refractivity contribution is 0.0696. The number of urea groups is 1. The van der Waals surface area contributed by atoms with Crippen molar-refractivity contribution in [1.29, 1.82) is 0 Å². The Morgan fingerprint density at radius 2 is 2.00 bits per heavy atom. The Hall–Kier alpha value is -2.04. The Kier molecular flexibility index (Phi) is 4.50. The van der Waals surface area contributed by atoms with Crippen LogP contribution >= 0.6 is 0 Å². The van der Waals surface area contributed by atoms with Gasteiger partial charge in [-0.05, 0) is 50.3 Å². The molecule has 5 nitrogen and oxygen atoms in total. The van der Waals surface area contributed by atoms with E-state index in [1.807, 2.05) is 11.8 Å². The first-order valence-corrected chi connectivity index (χ1v) is 7.30. The number of rotatable bonds is 2. The van der Waals surface area contributed by atoms with Crippen molar-refractivity contribution in [2.24, 2.45) is 5.92 Å². The number of carbonyl (C=O) groups excluding carboxylic acids is 1. The lowest BCUT2D eigenvalue weighted by Crippen LogP contribution is -2.47. The largest absolute Gasteiger partial charge is 0.478 e. The zero-order valence-corrected chi connectivity index (χ0v) is 12.7. The minimum absolute atomic E-state index is 0.153. The molecule has 0 spiro atoms. The summed E-state index contributed by atoms with van der Waals surface area (Å²) in [6.07, 6.45) is 2.14. The zero-order chi connectivity index (χ0) is 15.6. The first-order chi connectivity index (χ1) is 9.90. The Morgan fingerprint density at radius 1 is 1.29 bits per heavy atom.